The van der Waals surface area contributed by atoms with Crippen molar-refractivity contribution in [2.45, 2.75) is 44.6 Å². The molecule has 2 unspecified atom stereocenters. The maximum atomic E-state index is 13.8. The number of hydrogen-bond donors (Lipinski definition) is 1. The fraction of sp³-hybridized carbons (Fsp3) is 0.296. The van der Waals surface area contributed by atoms with Crippen molar-refractivity contribution in [2.24, 2.45) is 0 Å². The zero-order chi connectivity index (χ0) is 22.9. The molecular weight excluding hydrogens is 417 g/mol. The molecule has 2 aliphatic heterocycles. The number of anilines is 1. The summed E-state index contributed by atoms with van der Waals surface area (Å²) in [5.74, 6) is -0.913. The first kappa shape index (κ1) is 21.3. The summed E-state index contributed by atoms with van der Waals surface area (Å²) in [5, 5.41) is 2.88. The van der Waals surface area contributed by atoms with Gasteiger partial charge in [0.15, 0.2) is 0 Å². The molecule has 3 heterocycles. The zero-order valence-electron chi connectivity index (χ0n) is 18.6. The van der Waals surface area contributed by atoms with Gasteiger partial charge in [0.25, 0.3) is 0 Å². The molecule has 2 aliphatic rings. The number of amides is 2. The van der Waals surface area contributed by atoms with E-state index in [2.05, 4.69) is 5.32 Å². The van der Waals surface area contributed by atoms with E-state index in [1.807, 2.05) is 48.2 Å². The van der Waals surface area contributed by atoms with E-state index in [4.69, 9.17) is 4.98 Å². The Bertz CT molecular complexity index is 1210. The van der Waals surface area contributed by atoms with Crippen LogP contribution in [0, 0.1) is 12.7 Å². The molecule has 33 heavy (non-hydrogen) atoms. The standard InChI is InChI=1S/C27H26FN3O2/c1-17-14-19(18-9-11-20(28)12-10-18)15-24(29-17)25-8-4-5-13-31(25)27(33)22-16-26(32)30-23-7-3-2-6-21(22)23/h2-3,6-7,9-12,14-15,22,25H,4-5,8,13,16H2,1H3,(H,30,32). The highest BCUT2D eigenvalue weighted by Crippen LogP contribution is 2.38. The van der Waals surface area contributed by atoms with Crippen molar-refractivity contribution in [3.05, 3.63) is 83.4 Å². The molecule has 3 aromatic rings. The smallest absolute Gasteiger partial charge is 0.231 e. The fourth-order valence-electron chi connectivity index (χ4n) is 5.01. The van der Waals surface area contributed by atoms with Crippen molar-refractivity contribution < 1.29 is 14.0 Å². The number of rotatable bonds is 3. The van der Waals surface area contributed by atoms with Gasteiger partial charge in [0.05, 0.1) is 17.7 Å². The van der Waals surface area contributed by atoms with Gasteiger partial charge >= 0.3 is 0 Å². The summed E-state index contributed by atoms with van der Waals surface area (Å²) in [6.07, 6.45) is 2.92. The van der Waals surface area contributed by atoms with Crippen LogP contribution in [0.2, 0.25) is 0 Å². The molecule has 168 valence electrons. The Morgan fingerprint density at radius 2 is 1.85 bits per heavy atom. The Morgan fingerprint density at radius 3 is 2.67 bits per heavy atom. The molecule has 1 fully saturated rings. The largest absolute Gasteiger partial charge is 0.334 e. The van der Waals surface area contributed by atoms with E-state index in [1.165, 1.54) is 12.1 Å². The molecule has 0 bridgehead atoms. The number of aryl methyl sites for hydroxylation is 1. The highest BCUT2D eigenvalue weighted by atomic mass is 19.1. The average molecular weight is 444 g/mol. The molecule has 0 radical (unpaired) electrons. The van der Waals surface area contributed by atoms with E-state index >= 15 is 0 Å². The molecule has 1 aromatic heterocycles. The van der Waals surface area contributed by atoms with Gasteiger partial charge in [0.2, 0.25) is 11.8 Å². The average Bonchev–Trinajstić information content (AvgIpc) is 2.83. The van der Waals surface area contributed by atoms with Crippen molar-refractivity contribution in [3.63, 3.8) is 0 Å². The number of nitrogens with zero attached hydrogens (tertiary/aromatic N) is 2. The van der Waals surface area contributed by atoms with Crippen LogP contribution in [0.5, 0.6) is 0 Å². The number of hydrogen-bond acceptors (Lipinski definition) is 3. The monoisotopic (exact) mass is 443 g/mol. The van der Waals surface area contributed by atoms with Crippen LogP contribution in [-0.4, -0.2) is 28.2 Å². The number of carbonyl (C=O) groups is 2. The molecule has 0 saturated carbocycles. The van der Waals surface area contributed by atoms with Crippen LogP contribution in [0.15, 0.2) is 60.7 Å². The minimum Gasteiger partial charge on any atom is -0.334 e. The van der Waals surface area contributed by atoms with Crippen LogP contribution in [0.4, 0.5) is 10.1 Å². The Hall–Kier alpha value is -3.54. The number of carbonyl (C=O) groups excluding carboxylic acids is 2. The topological polar surface area (TPSA) is 62.3 Å². The summed E-state index contributed by atoms with van der Waals surface area (Å²) in [5.41, 5.74) is 5.15. The summed E-state index contributed by atoms with van der Waals surface area (Å²) in [7, 11) is 0. The van der Waals surface area contributed by atoms with Gasteiger partial charge in [-0.3, -0.25) is 14.6 Å². The van der Waals surface area contributed by atoms with Crippen molar-refractivity contribution in [2.75, 3.05) is 11.9 Å². The second-order valence-corrected chi connectivity index (χ2v) is 8.86. The van der Waals surface area contributed by atoms with Crippen molar-refractivity contribution >= 4 is 17.5 Å². The first-order valence-electron chi connectivity index (χ1n) is 11.4. The molecule has 6 heteroatoms. The van der Waals surface area contributed by atoms with E-state index in [1.54, 1.807) is 12.1 Å². The maximum Gasteiger partial charge on any atom is 0.231 e. The number of halogens is 1. The Balaban J connectivity index is 1.49. The molecule has 2 aromatic carbocycles. The molecule has 1 saturated heterocycles. The van der Waals surface area contributed by atoms with E-state index in [0.29, 0.717) is 12.2 Å². The van der Waals surface area contributed by atoms with Crippen LogP contribution < -0.4 is 5.32 Å². The third kappa shape index (κ3) is 4.25. The van der Waals surface area contributed by atoms with E-state index in [0.717, 1.165) is 47.3 Å². The summed E-state index contributed by atoms with van der Waals surface area (Å²) >= 11 is 0. The summed E-state index contributed by atoms with van der Waals surface area (Å²) in [6.45, 7) is 2.58. The van der Waals surface area contributed by atoms with Gasteiger partial charge in [0, 0.05) is 24.3 Å². The molecular formula is C27H26FN3O2. The van der Waals surface area contributed by atoms with Gasteiger partial charge in [-0.2, -0.15) is 0 Å². The second-order valence-electron chi connectivity index (χ2n) is 8.86. The van der Waals surface area contributed by atoms with Crippen LogP contribution in [0.1, 0.15) is 54.6 Å². The van der Waals surface area contributed by atoms with E-state index in [-0.39, 0.29) is 30.1 Å². The summed E-state index contributed by atoms with van der Waals surface area (Å²) < 4.78 is 13.4. The van der Waals surface area contributed by atoms with Crippen molar-refractivity contribution in [1.29, 1.82) is 0 Å². The lowest BCUT2D eigenvalue weighted by Crippen LogP contribution is -2.43. The molecule has 1 N–H and O–H groups in total. The van der Waals surface area contributed by atoms with Gasteiger partial charge < -0.3 is 10.2 Å². The Kier molecular flexibility index (Phi) is 5.67. The number of para-hydroxylation sites is 1. The Labute approximate surface area is 192 Å². The third-order valence-corrected chi connectivity index (χ3v) is 6.58. The highest BCUT2D eigenvalue weighted by Gasteiger charge is 2.37. The van der Waals surface area contributed by atoms with Crippen molar-refractivity contribution in [3.8, 4) is 11.1 Å². The first-order chi connectivity index (χ1) is 16.0. The number of aromatic nitrogens is 1. The van der Waals surface area contributed by atoms with Crippen LogP contribution in [0.25, 0.3) is 11.1 Å². The predicted molar refractivity (Wildman–Crippen MR) is 125 cm³/mol. The molecule has 2 amide bonds. The Morgan fingerprint density at radius 1 is 1.06 bits per heavy atom. The molecule has 0 spiro atoms. The van der Waals surface area contributed by atoms with Crippen LogP contribution in [-0.2, 0) is 9.59 Å². The number of benzene rings is 2. The second kappa shape index (κ2) is 8.77. The summed E-state index contributed by atoms with van der Waals surface area (Å²) in [4.78, 5) is 32.8. The van der Waals surface area contributed by atoms with E-state index < -0.39 is 5.92 Å². The molecule has 0 aliphatic carbocycles. The lowest BCUT2D eigenvalue weighted by Gasteiger charge is -2.39. The number of likely N-dealkylation sites (tertiary alicyclic amines) is 1. The fourth-order valence-corrected chi connectivity index (χ4v) is 5.01. The highest BCUT2D eigenvalue weighted by molar-refractivity contribution is 6.01. The van der Waals surface area contributed by atoms with Gasteiger partial charge in [-0.15, -0.1) is 0 Å². The van der Waals surface area contributed by atoms with Gasteiger partial charge in [-0.25, -0.2) is 4.39 Å². The first-order valence-corrected chi connectivity index (χ1v) is 11.4. The van der Waals surface area contributed by atoms with E-state index in [9.17, 15) is 14.0 Å². The minimum absolute atomic E-state index is 0.0198. The zero-order valence-corrected chi connectivity index (χ0v) is 18.6. The normalized spacial score (nSPS) is 20.2. The molecule has 2 atom stereocenters. The number of piperidine rings is 1. The summed E-state index contributed by atoms with van der Waals surface area (Å²) in [6, 6.07) is 17.8. The maximum absolute atomic E-state index is 13.8. The lowest BCUT2D eigenvalue weighted by atomic mass is 9.87. The van der Waals surface area contributed by atoms with Crippen LogP contribution >= 0.6 is 0 Å². The number of nitrogens with one attached hydrogen (secondary N) is 1. The quantitative estimate of drug-likeness (QED) is 0.592. The number of fused-ring (bicyclic) bond motifs is 1. The predicted octanol–water partition coefficient (Wildman–Crippen LogP) is 5.38. The SMILES string of the molecule is Cc1cc(-c2ccc(F)cc2)cc(C2CCCCN2C(=O)C2CC(=O)Nc3ccccc32)n1. The van der Waals surface area contributed by atoms with Crippen molar-refractivity contribution in [1.82, 2.24) is 9.88 Å². The third-order valence-electron chi connectivity index (χ3n) is 6.58. The minimum atomic E-state index is -0.489. The van der Waals surface area contributed by atoms with Gasteiger partial charge in [-0.05, 0) is 73.2 Å². The van der Waals surface area contributed by atoms with Crippen LogP contribution in [0.3, 0.4) is 0 Å². The molecule has 5 nitrogen and oxygen atoms in total. The number of pyridine rings is 1. The lowest BCUT2D eigenvalue weighted by molar-refractivity contribution is -0.138. The molecule has 5 rings (SSSR count). The van der Waals surface area contributed by atoms with Gasteiger partial charge in [-0.1, -0.05) is 30.3 Å². The van der Waals surface area contributed by atoms with Gasteiger partial charge in [0.1, 0.15) is 5.82 Å².